The Morgan fingerprint density at radius 1 is 1.64 bits per heavy atom. The van der Waals surface area contributed by atoms with Crippen LogP contribution in [-0.2, 0) is 6.54 Å². The number of nitrogens with zero attached hydrogens (tertiary/aromatic N) is 1. The minimum absolute atomic E-state index is 0.00810. The molecule has 0 aliphatic carbocycles. The van der Waals surface area contributed by atoms with Gasteiger partial charge < -0.3 is 15.4 Å². The van der Waals surface area contributed by atoms with Crippen molar-refractivity contribution in [1.29, 1.82) is 0 Å². The molecule has 1 aliphatic heterocycles. The van der Waals surface area contributed by atoms with Crippen molar-refractivity contribution in [3.05, 3.63) is 24.0 Å². The molecule has 2 atom stereocenters. The Labute approximate surface area is 65.4 Å². The van der Waals surface area contributed by atoms with Gasteiger partial charge in [-0.3, -0.25) is 0 Å². The maximum absolute atomic E-state index is 9.34. The summed E-state index contributed by atoms with van der Waals surface area (Å²) in [4.78, 5) is 0. The van der Waals surface area contributed by atoms with E-state index in [1.54, 1.807) is 0 Å². The van der Waals surface area contributed by atoms with Crippen LogP contribution in [0.5, 0.6) is 0 Å². The lowest BCUT2D eigenvalue weighted by Crippen LogP contribution is -2.30. The third-order valence-electron chi connectivity index (χ3n) is 2.18. The molecule has 3 heteroatoms. The van der Waals surface area contributed by atoms with Gasteiger partial charge in [-0.2, -0.15) is 0 Å². The Bertz CT molecular complexity index is 256. The summed E-state index contributed by atoms with van der Waals surface area (Å²) in [6.45, 7) is 0.691. The second kappa shape index (κ2) is 2.36. The van der Waals surface area contributed by atoms with Crippen molar-refractivity contribution in [3.8, 4) is 0 Å². The van der Waals surface area contributed by atoms with Gasteiger partial charge in [0.15, 0.2) is 0 Å². The molecule has 0 radical (unpaired) electrons. The van der Waals surface area contributed by atoms with Gasteiger partial charge in [0.2, 0.25) is 0 Å². The van der Waals surface area contributed by atoms with Gasteiger partial charge in [-0.05, 0) is 18.6 Å². The van der Waals surface area contributed by atoms with Crippen LogP contribution in [0.15, 0.2) is 18.3 Å². The highest BCUT2D eigenvalue weighted by Crippen LogP contribution is 2.22. The molecule has 3 N–H and O–H groups in total. The van der Waals surface area contributed by atoms with Crippen molar-refractivity contribution in [3.63, 3.8) is 0 Å². The van der Waals surface area contributed by atoms with Gasteiger partial charge in [0, 0.05) is 24.5 Å². The summed E-state index contributed by atoms with van der Waals surface area (Å²) in [5.74, 6) is 0. The van der Waals surface area contributed by atoms with E-state index in [2.05, 4.69) is 0 Å². The molecule has 0 saturated carbocycles. The fraction of sp³-hybridized carbons (Fsp3) is 0.500. The van der Waals surface area contributed by atoms with Gasteiger partial charge >= 0.3 is 0 Å². The SMILES string of the molecule is N[C@H]1C[C@@H](O)Cn2cccc21. The van der Waals surface area contributed by atoms with Gasteiger partial charge in [0.1, 0.15) is 0 Å². The molecular formula is C8H12N2O. The zero-order valence-corrected chi connectivity index (χ0v) is 6.27. The van der Waals surface area contributed by atoms with Gasteiger partial charge in [-0.15, -0.1) is 0 Å². The van der Waals surface area contributed by atoms with Crippen molar-refractivity contribution in [2.24, 2.45) is 5.73 Å². The van der Waals surface area contributed by atoms with Gasteiger partial charge in [0.25, 0.3) is 0 Å². The Morgan fingerprint density at radius 3 is 3.27 bits per heavy atom. The van der Waals surface area contributed by atoms with E-state index in [9.17, 15) is 5.11 Å². The maximum Gasteiger partial charge on any atom is 0.0737 e. The molecule has 0 fully saturated rings. The number of hydrogen-bond acceptors (Lipinski definition) is 2. The zero-order chi connectivity index (χ0) is 7.84. The standard InChI is InChI=1S/C8H12N2O/c9-7-4-6(11)5-10-3-1-2-8(7)10/h1-3,6-7,11H,4-5,9H2/t6-,7+/m1/s1. The Kier molecular flexibility index (Phi) is 1.47. The van der Waals surface area contributed by atoms with Crippen molar-refractivity contribution in [1.82, 2.24) is 4.57 Å². The molecule has 60 valence electrons. The molecule has 0 amide bonds. The highest BCUT2D eigenvalue weighted by atomic mass is 16.3. The summed E-state index contributed by atoms with van der Waals surface area (Å²) in [5.41, 5.74) is 6.93. The molecule has 2 heterocycles. The molecule has 0 saturated heterocycles. The normalized spacial score (nSPS) is 30.0. The van der Waals surface area contributed by atoms with Crippen molar-refractivity contribution in [2.45, 2.75) is 25.1 Å². The lowest BCUT2D eigenvalue weighted by molar-refractivity contribution is 0.119. The molecule has 0 aromatic carbocycles. The number of hydrogen-bond donors (Lipinski definition) is 2. The molecule has 11 heavy (non-hydrogen) atoms. The monoisotopic (exact) mass is 152 g/mol. The number of aromatic nitrogens is 1. The van der Waals surface area contributed by atoms with Crippen LogP contribution in [0.1, 0.15) is 18.2 Å². The first-order valence-corrected chi connectivity index (χ1v) is 3.86. The second-order valence-electron chi connectivity index (χ2n) is 3.08. The minimum Gasteiger partial charge on any atom is -0.391 e. The van der Waals surface area contributed by atoms with E-state index < -0.39 is 0 Å². The predicted octanol–water partition coefficient (Wildman–Crippen LogP) is 0.252. The van der Waals surface area contributed by atoms with E-state index in [0.29, 0.717) is 13.0 Å². The Balaban J connectivity index is 2.36. The molecule has 1 aliphatic rings. The van der Waals surface area contributed by atoms with E-state index in [0.717, 1.165) is 5.69 Å². The van der Waals surface area contributed by atoms with Gasteiger partial charge in [0.05, 0.1) is 6.10 Å². The maximum atomic E-state index is 9.34. The van der Waals surface area contributed by atoms with E-state index in [1.807, 2.05) is 22.9 Å². The summed E-state index contributed by atoms with van der Waals surface area (Å²) in [6, 6.07) is 3.98. The summed E-state index contributed by atoms with van der Waals surface area (Å²) in [5, 5.41) is 9.34. The van der Waals surface area contributed by atoms with Crippen LogP contribution in [0.2, 0.25) is 0 Å². The number of rotatable bonds is 0. The molecular weight excluding hydrogens is 140 g/mol. The second-order valence-corrected chi connectivity index (χ2v) is 3.08. The van der Waals surface area contributed by atoms with Crippen LogP contribution in [0.25, 0.3) is 0 Å². The van der Waals surface area contributed by atoms with Crippen LogP contribution in [0.3, 0.4) is 0 Å². The fourth-order valence-electron chi connectivity index (χ4n) is 1.65. The highest BCUT2D eigenvalue weighted by Gasteiger charge is 2.21. The summed E-state index contributed by atoms with van der Waals surface area (Å²) in [7, 11) is 0. The molecule has 0 spiro atoms. The molecule has 1 aromatic rings. The molecule has 0 unspecified atom stereocenters. The number of aliphatic hydroxyl groups is 1. The summed E-state index contributed by atoms with van der Waals surface area (Å²) < 4.78 is 2.01. The van der Waals surface area contributed by atoms with Crippen molar-refractivity contribution < 1.29 is 5.11 Å². The van der Waals surface area contributed by atoms with Crippen LogP contribution in [0, 0.1) is 0 Å². The zero-order valence-electron chi connectivity index (χ0n) is 6.27. The van der Waals surface area contributed by atoms with Crippen LogP contribution in [0.4, 0.5) is 0 Å². The molecule has 3 nitrogen and oxygen atoms in total. The first-order chi connectivity index (χ1) is 5.27. The van der Waals surface area contributed by atoms with Crippen LogP contribution in [-0.4, -0.2) is 15.8 Å². The van der Waals surface area contributed by atoms with Crippen LogP contribution >= 0.6 is 0 Å². The third kappa shape index (κ3) is 1.06. The van der Waals surface area contributed by atoms with Crippen molar-refractivity contribution in [2.75, 3.05) is 0 Å². The smallest absolute Gasteiger partial charge is 0.0737 e. The minimum atomic E-state index is -0.273. The number of aliphatic hydroxyl groups excluding tert-OH is 1. The summed E-state index contributed by atoms with van der Waals surface area (Å²) >= 11 is 0. The highest BCUT2D eigenvalue weighted by molar-refractivity contribution is 5.14. The molecule has 0 bridgehead atoms. The topological polar surface area (TPSA) is 51.2 Å². The van der Waals surface area contributed by atoms with E-state index in [4.69, 9.17) is 5.73 Å². The average molecular weight is 152 g/mol. The first kappa shape index (κ1) is 6.88. The molecule has 1 aromatic heterocycles. The van der Waals surface area contributed by atoms with Gasteiger partial charge in [-0.1, -0.05) is 0 Å². The van der Waals surface area contributed by atoms with Crippen LogP contribution < -0.4 is 5.73 Å². The predicted molar refractivity (Wildman–Crippen MR) is 42.0 cm³/mol. The van der Waals surface area contributed by atoms with E-state index in [1.165, 1.54) is 0 Å². The van der Waals surface area contributed by atoms with Crippen molar-refractivity contribution >= 4 is 0 Å². The molecule has 2 rings (SSSR count). The first-order valence-electron chi connectivity index (χ1n) is 3.86. The lowest BCUT2D eigenvalue weighted by Gasteiger charge is -2.25. The lowest BCUT2D eigenvalue weighted by atomic mass is 10.0. The Morgan fingerprint density at radius 2 is 2.45 bits per heavy atom. The number of nitrogens with two attached hydrogens (primary N) is 1. The quantitative estimate of drug-likeness (QED) is 0.560. The fourth-order valence-corrected chi connectivity index (χ4v) is 1.65. The Hall–Kier alpha value is -0.800. The van der Waals surface area contributed by atoms with E-state index >= 15 is 0 Å². The number of fused-ring (bicyclic) bond motifs is 1. The summed E-state index contributed by atoms with van der Waals surface area (Å²) in [6.07, 6.45) is 2.37. The average Bonchev–Trinajstić information content (AvgIpc) is 2.34. The van der Waals surface area contributed by atoms with Gasteiger partial charge in [-0.25, -0.2) is 0 Å². The largest absolute Gasteiger partial charge is 0.391 e. The third-order valence-corrected chi connectivity index (χ3v) is 2.18. The van der Waals surface area contributed by atoms with E-state index in [-0.39, 0.29) is 12.1 Å².